The molecule has 1 heterocycles. The molecule has 0 aromatic heterocycles. The fourth-order valence-corrected chi connectivity index (χ4v) is 4.95. The number of hydrogen-bond acceptors (Lipinski definition) is 5. The number of ether oxygens (including phenoxy) is 2. The lowest BCUT2D eigenvalue weighted by atomic mass is 9.90. The number of nitrogens with two attached hydrogens (primary N) is 1. The molecule has 1 saturated heterocycles. The minimum atomic E-state index is -3.21. The van der Waals surface area contributed by atoms with Gasteiger partial charge in [0.1, 0.15) is 0 Å². The predicted octanol–water partition coefficient (Wildman–Crippen LogP) is 0.823. The Bertz CT molecular complexity index is 389. The van der Waals surface area contributed by atoms with E-state index in [9.17, 15) is 8.42 Å². The molecule has 1 aliphatic heterocycles. The van der Waals surface area contributed by atoms with Gasteiger partial charge in [0.15, 0.2) is 15.6 Å². The molecule has 2 N–H and O–H groups in total. The largest absolute Gasteiger partial charge is 0.347 e. The highest BCUT2D eigenvalue weighted by Gasteiger charge is 2.49. The van der Waals surface area contributed by atoms with E-state index in [0.717, 1.165) is 0 Å². The van der Waals surface area contributed by atoms with Gasteiger partial charge in [-0.2, -0.15) is 0 Å². The summed E-state index contributed by atoms with van der Waals surface area (Å²) in [4.78, 5) is 0. The van der Waals surface area contributed by atoms with Gasteiger partial charge in [0.2, 0.25) is 0 Å². The highest BCUT2D eigenvalue weighted by Crippen LogP contribution is 2.38. The van der Waals surface area contributed by atoms with Crippen LogP contribution in [-0.4, -0.2) is 44.0 Å². The molecule has 0 bridgehead atoms. The van der Waals surface area contributed by atoms with Crippen LogP contribution in [0.5, 0.6) is 0 Å². The standard InChI is InChI=1S/C12H23NO4S/c1-3-9(2)18(14,15)11-8-12(5-4-10(11)13)16-6-7-17-12/h9-11H,3-8,13H2,1-2H3. The van der Waals surface area contributed by atoms with Gasteiger partial charge >= 0.3 is 0 Å². The predicted molar refractivity (Wildman–Crippen MR) is 68.9 cm³/mol. The molecule has 2 fully saturated rings. The van der Waals surface area contributed by atoms with Crippen LogP contribution in [0.2, 0.25) is 0 Å². The first kappa shape index (κ1) is 14.2. The lowest BCUT2D eigenvalue weighted by Crippen LogP contribution is -2.53. The number of rotatable bonds is 3. The van der Waals surface area contributed by atoms with Crippen LogP contribution < -0.4 is 5.73 Å². The van der Waals surface area contributed by atoms with Gasteiger partial charge in [-0.3, -0.25) is 0 Å². The molecular formula is C12H23NO4S. The molecule has 1 aliphatic carbocycles. The van der Waals surface area contributed by atoms with Crippen molar-refractivity contribution < 1.29 is 17.9 Å². The molecule has 1 spiro atoms. The maximum Gasteiger partial charge on any atom is 0.169 e. The van der Waals surface area contributed by atoms with Crippen LogP contribution in [0.3, 0.4) is 0 Å². The molecule has 5 nitrogen and oxygen atoms in total. The van der Waals surface area contributed by atoms with E-state index in [1.807, 2.05) is 6.92 Å². The van der Waals surface area contributed by atoms with Crippen LogP contribution in [0.25, 0.3) is 0 Å². The summed E-state index contributed by atoms with van der Waals surface area (Å²) in [6, 6.07) is -0.303. The molecule has 0 amide bonds. The molecule has 2 aliphatic rings. The molecule has 18 heavy (non-hydrogen) atoms. The second-order valence-corrected chi connectivity index (χ2v) is 7.95. The van der Waals surface area contributed by atoms with Crippen molar-refractivity contribution in [2.24, 2.45) is 5.73 Å². The highest BCUT2D eigenvalue weighted by molar-refractivity contribution is 7.92. The van der Waals surface area contributed by atoms with Crippen molar-refractivity contribution in [2.45, 2.75) is 61.9 Å². The summed E-state index contributed by atoms with van der Waals surface area (Å²) in [5.74, 6) is -0.693. The van der Waals surface area contributed by atoms with Crippen LogP contribution >= 0.6 is 0 Å². The first-order valence-electron chi connectivity index (χ1n) is 6.67. The van der Waals surface area contributed by atoms with Gasteiger partial charge in [0.05, 0.1) is 23.7 Å². The third kappa shape index (κ3) is 2.43. The topological polar surface area (TPSA) is 78.6 Å². The van der Waals surface area contributed by atoms with Crippen molar-refractivity contribution in [2.75, 3.05) is 13.2 Å². The quantitative estimate of drug-likeness (QED) is 0.826. The normalized spacial score (nSPS) is 33.7. The first-order valence-corrected chi connectivity index (χ1v) is 8.28. The van der Waals surface area contributed by atoms with Crippen molar-refractivity contribution in [1.82, 2.24) is 0 Å². The van der Waals surface area contributed by atoms with Crippen molar-refractivity contribution in [3.8, 4) is 0 Å². The number of sulfone groups is 1. The fourth-order valence-electron chi connectivity index (χ4n) is 2.78. The minimum Gasteiger partial charge on any atom is -0.347 e. The van der Waals surface area contributed by atoms with E-state index >= 15 is 0 Å². The third-order valence-corrected chi connectivity index (χ3v) is 7.03. The molecule has 3 unspecified atom stereocenters. The maximum atomic E-state index is 12.5. The molecule has 6 heteroatoms. The van der Waals surface area contributed by atoms with Gasteiger partial charge in [-0.25, -0.2) is 8.42 Å². The zero-order valence-electron chi connectivity index (χ0n) is 11.1. The smallest absolute Gasteiger partial charge is 0.169 e. The Labute approximate surface area is 109 Å². The van der Waals surface area contributed by atoms with Crippen LogP contribution in [0.1, 0.15) is 39.5 Å². The van der Waals surface area contributed by atoms with Crippen molar-refractivity contribution in [1.29, 1.82) is 0 Å². The van der Waals surface area contributed by atoms with E-state index in [-0.39, 0.29) is 11.3 Å². The summed E-state index contributed by atoms with van der Waals surface area (Å²) in [5.41, 5.74) is 6.02. The fraction of sp³-hybridized carbons (Fsp3) is 1.00. The highest BCUT2D eigenvalue weighted by atomic mass is 32.2. The van der Waals surface area contributed by atoms with Crippen molar-refractivity contribution >= 4 is 9.84 Å². The second-order valence-electron chi connectivity index (χ2n) is 5.36. The Morgan fingerprint density at radius 3 is 2.56 bits per heavy atom. The summed E-state index contributed by atoms with van der Waals surface area (Å²) in [5, 5.41) is -0.899. The van der Waals surface area contributed by atoms with E-state index in [0.29, 0.717) is 38.9 Å². The maximum absolute atomic E-state index is 12.5. The lowest BCUT2D eigenvalue weighted by Gasteiger charge is -2.40. The molecule has 0 radical (unpaired) electrons. The molecule has 1 saturated carbocycles. The lowest BCUT2D eigenvalue weighted by molar-refractivity contribution is -0.177. The Morgan fingerprint density at radius 1 is 1.39 bits per heavy atom. The number of hydrogen-bond donors (Lipinski definition) is 1. The van der Waals surface area contributed by atoms with Crippen molar-refractivity contribution in [3.63, 3.8) is 0 Å². The summed E-state index contributed by atoms with van der Waals surface area (Å²) in [6.45, 7) is 4.73. The van der Waals surface area contributed by atoms with Crippen LogP contribution in [0.4, 0.5) is 0 Å². The van der Waals surface area contributed by atoms with E-state index in [1.165, 1.54) is 0 Å². The Balaban J connectivity index is 2.20. The Hall–Kier alpha value is -0.170. The molecule has 3 atom stereocenters. The summed E-state index contributed by atoms with van der Waals surface area (Å²) in [7, 11) is -3.21. The second kappa shape index (κ2) is 5.07. The molecule has 0 aromatic carbocycles. The summed E-state index contributed by atoms with van der Waals surface area (Å²) < 4.78 is 36.2. The average molecular weight is 277 g/mol. The van der Waals surface area contributed by atoms with Gasteiger partial charge in [-0.05, 0) is 19.8 Å². The van der Waals surface area contributed by atoms with Gasteiger partial charge in [0, 0.05) is 18.9 Å². The Kier molecular flexibility index (Phi) is 4.02. The SMILES string of the molecule is CCC(C)S(=O)(=O)C1CC2(CCC1N)OCCO2. The summed E-state index contributed by atoms with van der Waals surface area (Å²) in [6.07, 6.45) is 2.32. The minimum absolute atomic E-state index is 0.303. The first-order chi connectivity index (χ1) is 8.41. The van der Waals surface area contributed by atoms with Crippen LogP contribution in [-0.2, 0) is 19.3 Å². The molecular weight excluding hydrogens is 254 g/mol. The van der Waals surface area contributed by atoms with Gasteiger partial charge < -0.3 is 15.2 Å². The van der Waals surface area contributed by atoms with E-state index in [1.54, 1.807) is 6.92 Å². The van der Waals surface area contributed by atoms with Crippen LogP contribution in [0.15, 0.2) is 0 Å². The molecule has 0 aromatic rings. The molecule has 106 valence electrons. The van der Waals surface area contributed by atoms with Gasteiger partial charge in [0.25, 0.3) is 0 Å². The van der Waals surface area contributed by atoms with Crippen molar-refractivity contribution in [3.05, 3.63) is 0 Å². The van der Waals surface area contributed by atoms with E-state index in [2.05, 4.69) is 0 Å². The van der Waals surface area contributed by atoms with Crippen LogP contribution in [0, 0.1) is 0 Å². The average Bonchev–Trinajstić information content (AvgIpc) is 2.80. The zero-order valence-corrected chi connectivity index (χ0v) is 11.9. The summed E-state index contributed by atoms with van der Waals surface area (Å²) >= 11 is 0. The van der Waals surface area contributed by atoms with Gasteiger partial charge in [-0.15, -0.1) is 0 Å². The third-order valence-electron chi connectivity index (χ3n) is 4.22. The van der Waals surface area contributed by atoms with E-state index < -0.39 is 20.9 Å². The molecule has 2 rings (SSSR count). The van der Waals surface area contributed by atoms with E-state index in [4.69, 9.17) is 15.2 Å². The van der Waals surface area contributed by atoms with Gasteiger partial charge in [-0.1, -0.05) is 6.92 Å². The monoisotopic (exact) mass is 277 g/mol. The Morgan fingerprint density at radius 2 is 2.00 bits per heavy atom. The zero-order chi connectivity index (χ0) is 13.4.